The van der Waals surface area contributed by atoms with Crippen LogP contribution in [0.3, 0.4) is 0 Å². The molecule has 1 aliphatic carbocycles. The van der Waals surface area contributed by atoms with Crippen LogP contribution in [0.1, 0.15) is 36.1 Å². The first-order valence-corrected chi connectivity index (χ1v) is 13.7. The van der Waals surface area contributed by atoms with Crippen LogP contribution >= 0.6 is 11.3 Å². The van der Waals surface area contributed by atoms with Gasteiger partial charge in [-0.25, -0.2) is 0 Å². The van der Waals surface area contributed by atoms with Gasteiger partial charge in [0, 0.05) is 21.6 Å². The summed E-state index contributed by atoms with van der Waals surface area (Å²) in [4.78, 5) is 3.58. The number of anilines is 3. The van der Waals surface area contributed by atoms with Crippen LogP contribution in [0.15, 0.2) is 109 Å². The fraction of sp³-hybridized carbons (Fsp3) is 0.0857. The quantitative estimate of drug-likeness (QED) is 0.215. The summed E-state index contributed by atoms with van der Waals surface area (Å²) in [6, 6.07) is 40.3. The smallest absolute Gasteiger partial charge is 0.138 e. The number of hydrogen-bond acceptors (Lipinski definition) is 4. The highest BCUT2D eigenvalue weighted by atomic mass is 32.1. The van der Waals surface area contributed by atoms with Gasteiger partial charge in [-0.2, -0.15) is 10.5 Å². The zero-order chi connectivity index (χ0) is 26.7. The van der Waals surface area contributed by atoms with Gasteiger partial charge < -0.3 is 4.90 Å². The lowest BCUT2D eigenvalue weighted by molar-refractivity contribution is 0.635. The summed E-state index contributed by atoms with van der Waals surface area (Å²) in [6.07, 6.45) is 0. The van der Waals surface area contributed by atoms with Crippen molar-refractivity contribution in [2.75, 3.05) is 4.90 Å². The van der Waals surface area contributed by atoms with Gasteiger partial charge in [0.15, 0.2) is 0 Å². The Balaban J connectivity index is 1.44. The second kappa shape index (κ2) is 8.57. The van der Waals surface area contributed by atoms with Crippen molar-refractivity contribution in [1.29, 1.82) is 10.5 Å². The number of hydrogen-bond donors (Lipinski definition) is 0. The van der Waals surface area contributed by atoms with Gasteiger partial charge in [0.05, 0.1) is 5.69 Å². The van der Waals surface area contributed by atoms with Gasteiger partial charge >= 0.3 is 0 Å². The van der Waals surface area contributed by atoms with E-state index in [4.69, 9.17) is 0 Å². The molecule has 0 atom stereocenters. The predicted octanol–water partition coefficient (Wildman–Crippen LogP) is 9.35. The van der Waals surface area contributed by atoms with E-state index < -0.39 is 0 Å². The van der Waals surface area contributed by atoms with Crippen molar-refractivity contribution in [3.8, 4) is 33.7 Å². The van der Waals surface area contributed by atoms with Crippen molar-refractivity contribution in [3.63, 3.8) is 0 Å². The molecule has 0 N–H and O–H groups in total. The summed E-state index contributed by atoms with van der Waals surface area (Å²) in [5, 5.41) is 20.6. The molecule has 0 amide bonds. The van der Waals surface area contributed by atoms with Gasteiger partial charge in [-0.05, 0) is 69.3 Å². The standard InChI is InChI=1S/C35H23N3S/c1-35(2)29-14-8-9-15-31(29)38(24-10-4-3-5-11-24)34-30(35)19-32(39-34)22-16-17-27-28(18-22)25-12-6-7-13-26(25)33(27)23(20-36)21-37/h3-19H,1-2H3. The van der Waals surface area contributed by atoms with E-state index in [0.717, 1.165) is 39.1 Å². The Morgan fingerprint density at radius 1 is 0.692 bits per heavy atom. The molecule has 7 rings (SSSR count). The van der Waals surface area contributed by atoms with Gasteiger partial charge in [-0.15, -0.1) is 11.3 Å². The topological polar surface area (TPSA) is 50.8 Å². The molecule has 4 heteroatoms. The van der Waals surface area contributed by atoms with E-state index in [-0.39, 0.29) is 11.0 Å². The van der Waals surface area contributed by atoms with E-state index in [9.17, 15) is 10.5 Å². The Bertz CT molecular complexity index is 1900. The summed E-state index contributed by atoms with van der Waals surface area (Å²) < 4.78 is 0. The Morgan fingerprint density at radius 2 is 1.36 bits per heavy atom. The van der Waals surface area contributed by atoms with Crippen molar-refractivity contribution >= 4 is 33.3 Å². The van der Waals surface area contributed by atoms with E-state index in [0.29, 0.717) is 0 Å². The molecule has 1 aliphatic heterocycles. The van der Waals surface area contributed by atoms with Crippen LogP contribution < -0.4 is 4.90 Å². The average Bonchev–Trinajstić information content (AvgIpc) is 3.56. The normalized spacial score (nSPS) is 13.9. The van der Waals surface area contributed by atoms with Crippen LogP contribution in [-0.4, -0.2) is 0 Å². The van der Waals surface area contributed by atoms with Gasteiger partial charge in [0.25, 0.3) is 0 Å². The minimum atomic E-state index is -0.153. The molecular weight excluding hydrogens is 494 g/mol. The third-order valence-electron chi connectivity index (χ3n) is 7.96. The maximum Gasteiger partial charge on any atom is 0.138 e. The summed E-state index contributed by atoms with van der Waals surface area (Å²) in [7, 11) is 0. The van der Waals surface area contributed by atoms with Crippen LogP contribution in [0.4, 0.5) is 16.4 Å². The number of nitrogens with zero attached hydrogens (tertiary/aromatic N) is 3. The number of nitriles is 2. The van der Waals surface area contributed by atoms with E-state index in [1.807, 2.05) is 29.5 Å². The maximum atomic E-state index is 9.67. The molecule has 184 valence electrons. The largest absolute Gasteiger partial charge is 0.301 e. The Hall–Kier alpha value is -4.90. The maximum absolute atomic E-state index is 9.67. The molecule has 4 aromatic carbocycles. The van der Waals surface area contributed by atoms with Crippen molar-refractivity contribution in [1.82, 2.24) is 0 Å². The van der Waals surface area contributed by atoms with Gasteiger partial charge in [0.2, 0.25) is 0 Å². The second-order valence-electron chi connectivity index (χ2n) is 10.4. The molecule has 0 saturated carbocycles. The van der Waals surface area contributed by atoms with E-state index in [2.05, 4.69) is 116 Å². The minimum absolute atomic E-state index is 0.151. The van der Waals surface area contributed by atoms with Crippen molar-refractivity contribution in [3.05, 3.63) is 131 Å². The van der Waals surface area contributed by atoms with Crippen LogP contribution in [0.25, 0.3) is 27.1 Å². The average molecular weight is 518 g/mol. The minimum Gasteiger partial charge on any atom is -0.301 e. The molecule has 3 nitrogen and oxygen atoms in total. The highest BCUT2D eigenvalue weighted by Crippen LogP contribution is 2.56. The summed E-state index contributed by atoms with van der Waals surface area (Å²) >= 11 is 1.81. The van der Waals surface area contributed by atoms with Gasteiger partial charge in [-0.1, -0.05) is 86.6 Å². The number of allylic oxidation sites excluding steroid dienone is 1. The monoisotopic (exact) mass is 517 g/mol. The van der Waals surface area contributed by atoms with E-state index >= 15 is 0 Å². The Labute approximate surface area is 232 Å². The lowest BCUT2D eigenvalue weighted by Gasteiger charge is -2.39. The van der Waals surface area contributed by atoms with Crippen LogP contribution in [0, 0.1) is 22.7 Å². The Kier molecular flexibility index (Phi) is 5.10. The van der Waals surface area contributed by atoms with Crippen LogP contribution in [-0.2, 0) is 5.41 Å². The fourth-order valence-electron chi connectivity index (χ4n) is 6.05. The first-order valence-electron chi connectivity index (χ1n) is 12.9. The third kappa shape index (κ3) is 3.33. The Morgan fingerprint density at radius 3 is 2.13 bits per heavy atom. The molecule has 0 fully saturated rings. The highest BCUT2D eigenvalue weighted by Gasteiger charge is 2.39. The number of benzene rings is 4. The third-order valence-corrected chi connectivity index (χ3v) is 9.12. The molecule has 39 heavy (non-hydrogen) atoms. The lowest BCUT2D eigenvalue weighted by atomic mass is 9.75. The highest BCUT2D eigenvalue weighted by molar-refractivity contribution is 7.19. The first-order chi connectivity index (χ1) is 19.0. The SMILES string of the molecule is CC1(C)c2ccccc2N(c2ccccc2)c2sc(-c3ccc4c(c3)-c3ccccc3C4=C(C#N)C#N)cc21. The summed E-state index contributed by atoms with van der Waals surface area (Å²) in [6.45, 7) is 4.62. The van der Waals surface area contributed by atoms with Crippen LogP contribution in [0.2, 0.25) is 0 Å². The van der Waals surface area contributed by atoms with E-state index in [1.54, 1.807) is 0 Å². The second-order valence-corrected chi connectivity index (χ2v) is 11.5. The molecule has 5 aromatic rings. The van der Waals surface area contributed by atoms with Crippen molar-refractivity contribution < 1.29 is 0 Å². The molecular formula is C35H23N3S. The zero-order valence-corrected chi connectivity index (χ0v) is 22.4. The molecule has 0 spiro atoms. The zero-order valence-electron chi connectivity index (χ0n) is 21.6. The van der Waals surface area contributed by atoms with Crippen molar-refractivity contribution in [2.45, 2.75) is 19.3 Å². The molecule has 0 bridgehead atoms. The molecule has 0 unspecified atom stereocenters. The lowest BCUT2D eigenvalue weighted by Crippen LogP contribution is -2.29. The molecule has 0 saturated heterocycles. The van der Waals surface area contributed by atoms with Crippen molar-refractivity contribution in [2.24, 2.45) is 0 Å². The van der Waals surface area contributed by atoms with Gasteiger partial charge in [0.1, 0.15) is 22.7 Å². The van der Waals surface area contributed by atoms with Gasteiger partial charge in [-0.3, -0.25) is 0 Å². The number of para-hydroxylation sites is 2. The summed E-state index contributed by atoms with van der Waals surface area (Å²) in [5.74, 6) is 0. The van der Waals surface area contributed by atoms with Crippen LogP contribution in [0.5, 0.6) is 0 Å². The number of thiophene rings is 1. The number of fused-ring (bicyclic) bond motifs is 5. The predicted molar refractivity (Wildman–Crippen MR) is 159 cm³/mol. The first kappa shape index (κ1) is 23.2. The van der Waals surface area contributed by atoms with E-state index in [1.165, 1.54) is 26.7 Å². The molecule has 2 aliphatic rings. The molecule has 1 aromatic heterocycles. The summed E-state index contributed by atoms with van der Waals surface area (Å²) in [5.41, 5.74) is 10.9. The molecule has 0 radical (unpaired) electrons. The molecule has 2 heterocycles. The number of rotatable bonds is 2. The fourth-order valence-corrected chi connectivity index (χ4v) is 7.40.